The van der Waals surface area contributed by atoms with Crippen molar-refractivity contribution in [1.82, 2.24) is 0 Å². The van der Waals surface area contributed by atoms with Crippen molar-refractivity contribution in [2.24, 2.45) is 5.14 Å². The molecule has 0 atom stereocenters. The highest BCUT2D eigenvalue weighted by Crippen LogP contribution is 2.37. The van der Waals surface area contributed by atoms with Gasteiger partial charge in [0.15, 0.2) is 0 Å². The quantitative estimate of drug-likeness (QED) is 0.623. The first-order chi connectivity index (χ1) is 11.1. The minimum Gasteiger partial charge on any atom is -0.449 e. The van der Waals surface area contributed by atoms with Crippen molar-refractivity contribution in [1.29, 1.82) is 0 Å². The molecule has 24 heavy (non-hydrogen) atoms. The summed E-state index contributed by atoms with van der Waals surface area (Å²) in [6.45, 7) is 0. The Morgan fingerprint density at radius 1 is 1.00 bits per heavy atom. The van der Waals surface area contributed by atoms with Crippen LogP contribution < -0.4 is 9.88 Å². The topological polar surface area (TPSA) is 156 Å². The fourth-order valence-electron chi connectivity index (χ4n) is 1.71. The van der Waals surface area contributed by atoms with Crippen LogP contribution in [-0.4, -0.2) is 18.3 Å². The third-order valence-electron chi connectivity index (χ3n) is 2.80. The zero-order valence-corrected chi connectivity index (χ0v) is 13.2. The van der Waals surface area contributed by atoms with E-state index < -0.39 is 30.5 Å². The highest BCUT2D eigenvalue weighted by molar-refractivity contribution is 7.89. The molecule has 10 nitrogen and oxygen atoms in total. The first kappa shape index (κ1) is 17.6. The summed E-state index contributed by atoms with van der Waals surface area (Å²) in [4.78, 5) is 19.7. The SMILES string of the molecule is NS(=O)(=O)c1ccc(Oc2ccc([N+](=O)[O-])cc2Cl)c([N+](=O)[O-])c1. The summed E-state index contributed by atoms with van der Waals surface area (Å²) in [6, 6.07) is 6.08. The number of hydrogen-bond acceptors (Lipinski definition) is 7. The maximum Gasteiger partial charge on any atom is 0.312 e. The number of primary sulfonamides is 1. The lowest BCUT2D eigenvalue weighted by Crippen LogP contribution is -2.12. The van der Waals surface area contributed by atoms with E-state index in [1.807, 2.05) is 0 Å². The molecular formula is C12H8ClN3O7S. The highest BCUT2D eigenvalue weighted by atomic mass is 35.5. The number of benzene rings is 2. The molecule has 0 heterocycles. The minimum atomic E-state index is -4.13. The Balaban J connectivity index is 2.46. The van der Waals surface area contributed by atoms with Gasteiger partial charge < -0.3 is 4.74 Å². The van der Waals surface area contributed by atoms with Gasteiger partial charge in [-0.05, 0) is 18.2 Å². The molecule has 2 aromatic carbocycles. The molecular weight excluding hydrogens is 366 g/mol. The second-order valence-corrected chi connectivity index (χ2v) is 6.37. The maximum absolute atomic E-state index is 11.3. The molecule has 2 rings (SSSR count). The molecule has 0 aliphatic carbocycles. The number of nitro groups is 2. The van der Waals surface area contributed by atoms with Gasteiger partial charge in [0.1, 0.15) is 5.75 Å². The molecule has 0 aliphatic heterocycles. The number of halogens is 1. The summed E-state index contributed by atoms with van der Waals surface area (Å²) >= 11 is 5.84. The van der Waals surface area contributed by atoms with Gasteiger partial charge in [0.25, 0.3) is 5.69 Å². The highest BCUT2D eigenvalue weighted by Gasteiger charge is 2.22. The maximum atomic E-state index is 11.3. The third-order valence-corrected chi connectivity index (χ3v) is 4.01. The zero-order valence-electron chi connectivity index (χ0n) is 11.6. The Kier molecular flexibility index (Phi) is 4.68. The summed E-state index contributed by atoms with van der Waals surface area (Å²) in [5.74, 6) is -0.378. The Labute approximate surface area is 139 Å². The van der Waals surface area contributed by atoms with E-state index in [0.717, 1.165) is 36.4 Å². The van der Waals surface area contributed by atoms with E-state index in [2.05, 4.69) is 0 Å². The molecule has 0 aromatic heterocycles. The van der Waals surface area contributed by atoms with Gasteiger partial charge in [-0.15, -0.1) is 0 Å². The van der Waals surface area contributed by atoms with Crippen LogP contribution in [0.4, 0.5) is 11.4 Å². The predicted molar refractivity (Wildman–Crippen MR) is 82.7 cm³/mol. The van der Waals surface area contributed by atoms with E-state index >= 15 is 0 Å². The number of non-ortho nitro benzene ring substituents is 1. The van der Waals surface area contributed by atoms with Gasteiger partial charge >= 0.3 is 5.69 Å². The number of nitro benzene ring substituents is 2. The molecule has 0 fully saturated rings. The van der Waals surface area contributed by atoms with E-state index in [4.69, 9.17) is 21.5 Å². The molecule has 0 bridgehead atoms. The monoisotopic (exact) mass is 373 g/mol. The third kappa shape index (κ3) is 3.76. The summed E-state index contributed by atoms with van der Waals surface area (Å²) in [5, 5.41) is 26.5. The van der Waals surface area contributed by atoms with Gasteiger partial charge in [-0.1, -0.05) is 11.6 Å². The van der Waals surface area contributed by atoms with Crippen molar-refractivity contribution in [3.8, 4) is 11.5 Å². The van der Waals surface area contributed by atoms with Gasteiger partial charge in [0.2, 0.25) is 15.8 Å². The Bertz CT molecular complexity index is 946. The van der Waals surface area contributed by atoms with Crippen LogP contribution in [0.5, 0.6) is 11.5 Å². The Morgan fingerprint density at radius 3 is 2.12 bits per heavy atom. The van der Waals surface area contributed by atoms with E-state index in [9.17, 15) is 28.6 Å². The normalized spacial score (nSPS) is 11.1. The molecule has 0 aliphatic rings. The molecule has 2 aromatic rings. The summed E-state index contributed by atoms with van der Waals surface area (Å²) < 4.78 is 27.8. The van der Waals surface area contributed by atoms with Crippen LogP contribution in [0.3, 0.4) is 0 Å². The van der Waals surface area contributed by atoms with Crippen LogP contribution in [0, 0.1) is 20.2 Å². The number of sulfonamides is 1. The average Bonchev–Trinajstić information content (AvgIpc) is 2.48. The van der Waals surface area contributed by atoms with E-state index in [1.165, 1.54) is 0 Å². The smallest absolute Gasteiger partial charge is 0.312 e. The first-order valence-electron chi connectivity index (χ1n) is 6.02. The lowest BCUT2D eigenvalue weighted by molar-refractivity contribution is -0.385. The van der Waals surface area contributed by atoms with Gasteiger partial charge in [0, 0.05) is 18.2 Å². The standard InChI is InChI=1S/C12H8ClN3O7S/c13-9-5-7(15(17)18)1-3-11(9)23-12-4-2-8(24(14,21)22)6-10(12)16(19)20/h1-6H,(H2,14,21,22). The van der Waals surface area contributed by atoms with E-state index in [-0.39, 0.29) is 22.2 Å². The number of nitrogens with zero attached hydrogens (tertiary/aromatic N) is 2. The molecule has 0 radical (unpaired) electrons. The fourth-order valence-corrected chi connectivity index (χ4v) is 2.45. The molecule has 0 saturated heterocycles. The molecule has 0 spiro atoms. The Hall–Kier alpha value is -2.76. The average molecular weight is 374 g/mol. The summed E-state index contributed by atoms with van der Waals surface area (Å²) in [7, 11) is -4.13. The molecule has 0 unspecified atom stereocenters. The molecule has 0 saturated carbocycles. The number of hydrogen-bond donors (Lipinski definition) is 1. The zero-order chi connectivity index (χ0) is 18.1. The number of nitrogens with two attached hydrogens (primary N) is 1. The van der Waals surface area contributed by atoms with Crippen LogP contribution >= 0.6 is 11.6 Å². The largest absolute Gasteiger partial charge is 0.449 e. The van der Waals surface area contributed by atoms with Crippen molar-refractivity contribution in [3.05, 3.63) is 61.6 Å². The van der Waals surface area contributed by atoms with Crippen molar-refractivity contribution in [3.63, 3.8) is 0 Å². The van der Waals surface area contributed by atoms with E-state index in [1.54, 1.807) is 0 Å². The lowest BCUT2D eigenvalue weighted by atomic mass is 10.3. The van der Waals surface area contributed by atoms with Crippen LogP contribution in [0.25, 0.3) is 0 Å². The molecule has 2 N–H and O–H groups in total. The number of ether oxygens (including phenoxy) is 1. The first-order valence-corrected chi connectivity index (χ1v) is 7.95. The van der Waals surface area contributed by atoms with Crippen molar-refractivity contribution in [2.45, 2.75) is 4.90 Å². The van der Waals surface area contributed by atoms with Crippen molar-refractivity contribution in [2.75, 3.05) is 0 Å². The van der Waals surface area contributed by atoms with Crippen LogP contribution in [-0.2, 0) is 10.0 Å². The van der Waals surface area contributed by atoms with Crippen LogP contribution in [0.1, 0.15) is 0 Å². The van der Waals surface area contributed by atoms with Gasteiger partial charge in [-0.2, -0.15) is 0 Å². The van der Waals surface area contributed by atoms with Gasteiger partial charge in [-0.3, -0.25) is 20.2 Å². The van der Waals surface area contributed by atoms with Crippen molar-refractivity contribution < 1.29 is 23.0 Å². The lowest BCUT2D eigenvalue weighted by Gasteiger charge is -2.08. The minimum absolute atomic E-state index is 0.0753. The predicted octanol–water partition coefficient (Wildman–Crippen LogP) is 2.60. The van der Waals surface area contributed by atoms with E-state index in [0.29, 0.717) is 0 Å². The summed E-state index contributed by atoms with van der Waals surface area (Å²) in [6.07, 6.45) is 0. The summed E-state index contributed by atoms with van der Waals surface area (Å²) in [5.41, 5.74) is -0.942. The molecule has 12 heteroatoms. The van der Waals surface area contributed by atoms with Crippen LogP contribution in [0.15, 0.2) is 41.3 Å². The van der Waals surface area contributed by atoms with Crippen molar-refractivity contribution >= 4 is 33.0 Å². The fraction of sp³-hybridized carbons (Fsp3) is 0. The second kappa shape index (κ2) is 6.39. The molecule has 126 valence electrons. The molecule has 0 amide bonds. The van der Waals surface area contributed by atoms with Gasteiger partial charge in [-0.25, -0.2) is 13.6 Å². The Morgan fingerprint density at radius 2 is 1.62 bits per heavy atom. The number of rotatable bonds is 5. The van der Waals surface area contributed by atoms with Gasteiger partial charge in [0.05, 0.1) is 19.8 Å². The second-order valence-electron chi connectivity index (χ2n) is 4.41. The van der Waals surface area contributed by atoms with Crippen LogP contribution in [0.2, 0.25) is 5.02 Å².